The molecule has 3 rings (SSSR count). The first kappa shape index (κ1) is 21.5. The van der Waals surface area contributed by atoms with E-state index in [9.17, 15) is 15.0 Å². The highest BCUT2D eigenvalue weighted by Crippen LogP contribution is 2.29. The Labute approximate surface area is 176 Å². The van der Waals surface area contributed by atoms with E-state index in [2.05, 4.69) is 0 Å². The summed E-state index contributed by atoms with van der Waals surface area (Å²) < 4.78 is 5.86. The van der Waals surface area contributed by atoms with Crippen LogP contribution in [-0.2, 0) is 11.2 Å². The number of unbranched alkanes of at least 4 members (excludes halogenated alkanes) is 3. The molecule has 3 aromatic carbocycles. The number of aliphatic carboxylic acids is 1. The Kier molecular flexibility index (Phi) is 7.17. The van der Waals surface area contributed by atoms with E-state index in [1.54, 1.807) is 13.0 Å². The summed E-state index contributed by atoms with van der Waals surface area (Å²) in [4.78, 5) is 11.2. The van der Waals surface area contributed by atoms with Crippen LogP contribution in [-0.4, -0.2) is 27.9 Å². The van der Waals surface area contributed by atoms with Crippen LogP contribution < -0.4 is 4.74 Å². The minimum absolute atomic E-state index is 0.0123. The number of hydrogen-bond donors (Lipinski definition) is 3. The van der Waals surface area contributed by atoms with E-state index in [4.69, 9.17) is 9.84 Å². The molecule has 0 saturated heterocycles. The van der Waals surface area contributed by atoms with Crippen molar-refractivity contribution in [2.45, 2.75) is 44.9 Å². The zero-order chi connectivity index (χ0) is 21.5. The average molecular weight is 408 g/mol. The summed E-state index contributed by atoms with van der Waals surface area (Å²) in [6, 6.07) is 16.6. The summed E-state index contributed by atoms with van der Waals surface area (Å²) in [7, 11) is 0. The Hall–Kier alpha value is -3.21. The van der Waals surface area contributed by atoms with Gasteiger partial charge >= 0.3 is 5.97 Å². The minimum Gasteiger partial charge on any atom is -0.504 e. The Bertz CT molecular complexity index is 1010. The number of aromatic hydroxyl groups is 2. The van der Waals surface area contributed by atoms with Gasteiger partial charge in [-0.25, -0.2) is 0 Å². The quantitative estimate of drug-likeness (QED) is 0.299. The summed E-state index contributed by atoms with van der Waals surface area (Å²) >= 11 is 0. The second-order valence-electron chi connectivity index (χ2n) is 7.63. The van der Waals surface area contributed by atoms with Crippen LogP contribution in [0.15, 0.2) is 54.6 Å². The Morgan fingerprint density at radius 1 is 0.933 bits per heavy atom. The molecule has 0 heterocycles. The molecule has 5 heteroatoms. The van der Waals surface area contributed by atoms with E-state index in [1.165, 1.54) is 6.07 Å². The van der Waals surface area contributed by atoms with Crippen LogP contribution in [0, 0.1) is 0 Å². The van der Waals surface area contributed by atoms with Gasteiger partial charge in [-0.2, -0.15) is 0 Å². The number of phenols is 2. The Balaban J connectivity index is 1.42. The molecule has 0 unspecified atom stereocenters. The van der Waals surface area contributed by atoms with E-state index in [0.717, 1.165) is 59.8 Å². The van der Waals surface area contributed by atoms with Gasteiger partial charge in [-0.1, -0.05) is 49.2 Å². The highest BCUT2D eigenvalue weighted by Gasteiger charge is 2.13. The second kappa shape index (κ2) is 10.0. The minimum atomic E-state index is -0.826. The fourth-order valence-electron chi connectivity index (χ4n) is 3.48. The molecule has 0 amide bonds. The molecular formula is C25H28O5. The van der Waals surface area contributed by atoms with Crippen molar-refractivity contribution in [3.63, 3.8) is 0 Å². The summed E-state index contributed by atoms with van der Waals surface area (Å²) in [5.74, 6) is -0.619. The van der Waals surface area contributed by atoms with Gasteiger partial charge in [0.05, 0.1) is 12.5 Å². The number of rotatable bonds is 10. The van der Waals surface area contributed by atoms with Gasteiger partial charge < -0.3 is 20.1 Å². The lowest BCUT2D eigenvalue weighted by Crippen LogP contribution is -2.07. The summed E-state index contributed by atoms with van der Waals surface area (Å²) in [6.45, 7) is 2.32. The van der Waals surface area contributed by atoms with Crippen molar-refractivity contribution in [3.05, 3.63) is 65.7 Å². The lowest BCUT2D eigenvalue weighted by molar-refractivity contribution is -0.138. The van der Waals surface area contributed by atoms with Gasteiger partial charge in [0.1, 0.15) is 5.75 Å². The number of carboxylic acid groups (broad SMARTS) is 1. The Morgan fingerprint density at radius 3 is 2.47 bits per heavy atom. The first-order chi connectivity index (χ1) is 14.5. The van der Waals surface area contributed by atoms with Crippen LogP contribution in [0.2, 0.25) is 0 Å². The number of benzene rings is 3. The van der Waals surface area contributed by atoms with Gasteiger partial charge in [0, 0.05) is 0 Å². The monoisotopic (exact) mass is 408 g/mol. The molecule has 0 radical (unpaired) electrons. The molecule has 0 aliphatic rings. The third-order valence-electron chi connectivity index (χ3n) is 5.41. The van der Waals surface area contributed by atoms with Gasteiger partial charge in [-0.3, -0.25) is 4.79 Å². The lowest BCUT2D eigenvalue weighted by atomic mass is 9.98. The molecule has 0 bridgehead atoms. The number of ether oxygens (including phenoxy) is 1. The summed E-state index contributed by atoms with van der Waals surface area (Å²) in [5, 5.41) is 30.5. The largest absolute Gasteiger partial charge is 0.504 e. The van der Waals surface area contributed by atoms with Gasteiger partial charge in [0.25, 0.3) is 0 Å². The first-order valence-electron chi connectivity index (χ1n) is 10.3. The first-order valence-corrected chi connectivity index (χ1v) is 10.3. The molecule has 3 N–H and O–H groups in total. The van der Waals surface area contributed by atoms with E-state index >= 15 is 0 Å². The van der Waals surface area contributed by atoms with Gasteiger partial charge in [-0.15, -0.1) is 0 Å². The van der Waals surface area contributed by atoms with Crippen molar-refractivity contribution in [2.24, 2.45) is 0 Å². The molecule has 30 heavy (non-hydrogen) atoms. The van der Waals surface area contributed by atoms with Gasteiger partial charge in [0.15, 0.2) is 11.5 Å². The number of carbonyl (C=O) groups is 1. The number of phenolic OH excluding ortho intramolecular Hbond substituents is 2. The van der Waals surface area contributed by atoms with Crippen LogP contribution in [0.25, 0.3) is 10.8 Å². The molecule has 0 aliphatic heterocycles. The number of fused-ring (bicyclic) bond motifs is 1. The van der Waals surface area contributed by atoms with Crippen molar-refractivity contribution < 1.29 is 24.9 Å². The molecule has 0 aromatic heterocycles. The number of hydrogen-bond acceptors (Lipinski definition) is 4. The van der Waals surface area contributed by atoms with Crippen molar-refractivity contribution in [3.8, 4) is 17.2 Å². The lowest BCUT2D eigenvalue weighted by Gasteiger charge is -2.10. The molecular weight excluding hydrogens is 380 g/mol. The fourth-order valence-corrected chi connectivity index (χ4v) is 3.48. The smallest absolute Gasteiger partial charge is 0.310 e. The molecule has 5 nitrogen and oxygen atoms in total. The molecule has 3 aromatic rings. The maximum Gasteiger partial charge on any atom is 0.310 e. The van der Waals surface area contributed by atoms with Crippen molar-refractivity contribution in [1.82, 2.24) is 0 Å². The molecule has 0 aliphatic carbocycles. The van der Waals surface area contributed by atoms with Gasteiger partial charge in [-0.05, 0) is 66.3 Å². The predicted octanol–water partition coefficient (Wildman–Crippen LogP) is 5.62. The van der Waals surface area contributed by atoms with Crippen LogP contribution in [0.1, 0.15) is 49.7 Å². The van der Waals surface area contributed by atoms with E-state index in [-0.39, 0.29) is 11.5 Å². The zero-order valence-corrected chi connectivity index (χ0v) is 17.2. The van der Waals surface area contributed by atoms with Crippen LogP contribution >= 0.6 is 0 Å². The number of para-hydroxylation sites is 1. The van der Waals surface area contributed by atoms with Crippen LogP contribution in [0.3, 0.4) is 0 Å². The van der Waals surface area contributed by atoms with Crippen LogP contribution in [0.5, 0.6) is 17.2 Å². The standard InChI is InChI=1S/C25H28O5/c1-17(25(28)29)19-10-11-21-16-22(13-12-20(21)15-19)30-14-5-3-2-4-7-18-8-6-9-23(26)24(18)27/h6,8-13,15-17,26-27H,2-5,7,14H2,1H3,(H,28,29)/t17-/m1/s1. The molecule has 0 spiro atoms. The molecule has 158 valence electrons. The van der Waals surface area contributed by atoms with E-state index < -0.39 is 11.9 Å². The number of carboxylic acids is 1. The van der Waals surface area contributed by atoms with Crippen molar-refractivity contribution >= 4 is 16.7 Å². The predicted molar refractivity (Wildman–Crippen MR) is 117 cm³/mol. The third-order valence-corrected chi connectivity index (χ3v) is 5.41. The van der Waals surface area contributed by atoms with E-state index in [1.807, 2.05) is 42.5 Å². The maximum absolute atomic E-state index is 11.2. The van der Waals surface area contributed by atoms with Crippen molar-refractivity contribution in [2.75, 3.05) is 6.61 Å². The fraction of sp³-hybridized carbons (Fsp3) is 0.320. The molecule has 0 saturated carbocycles. The maximum atomic E-state index is 11.2. The topological polar surface area (TPSA) is 87.0 Å². The third kappa shape index (κ3) is 5.44. The normalized spacial score (nSPS) is 12.0. The highest BCUT2D eigenvalue weighted by molar-refractivity contribution is 5.86. The second-order valence-corrected chi connectivity index (χ2v) is 7.63. The number of aryl methyl sites for hydroxylation is 1. The van der Waals surface area contributed by atoms with Gasteiger partial charge in [0.2, 0.25) is 0 Å². The summed E-state index contributed by atoms with van der Waals surface area (Å²) in [5.41, 5.74) is 1.58. The molecule has 1 atom stereocenters. The SMILES string of the molecule is C[C@@H](C(=O)O)c1ccc2cc(OCCCCCCc3cccc(O)c3O)ccc2c1. The Morgan fingerprint density at radius 2 is 1.67 bits per heavy atom. The van der Waals surface area contributed by atoms with E-state index in [0.29, 0.717) is 6.61 Å². The van der Waals surface area contributed by atoms with Crippen LogP contribution in [0.4, 0.5) is 0 Å². The zero-order valence-electron chi connectivity index (χ0n) is 17.2. The summed E-state index contributed by atoms with van der Waals surface area (Å²) in [6.07, 6.45) is 4.70. The molecule has 0 fully saturated rings. The average Bonchev–Trinajstić information content (AvgIpc) is 2.74. The highest BCUT2D eigenvalue weighted by atomic mass is 16.5. The van der Waals surface area contributed by atoms with Crippen molar-refractivity contribution in [1.29, 1.82) is 0 Å².